The summed E-state index contributed by atoms with van der Waals surface area (Å²) in [5.41, 5.74) is 4.96. The number of ether oxygens (including phenoxy) is 1. The summed E-state index contributed by atoms with van der Waals surface area (Å²) in [5, 5.41) is 4.43. The maximum absolute atomic E-state index is 5.31. The molecule has 0 aliphatic carbocycles. The van der Waals surface area contributed by atoms with Crippen LogP contribution in [0.25, 0.3) is 27.8 Å². The van der Waals surface area contributed by atoms with E-state index in [-0.39, 0.29) is 0 Å². The van der Waals surface area contributed by atoms with Gasteiger partial charge in [-0.05, 0) is 54.1 Å². The standard InChI is InChI=1S/C25H19BrN4O/c1-31-21-13-11-20(12-14-21)30-15-22(17-5-3-2-4-6-17)23-24(27-16-28-25(23)30)29-19-9-7-18(26)8-10-19/h2-16H,1H3,(H,27,28,29). The highest BCUT2D eigenvalue weighted by atomic mass is 79.9. The molecule has 3 aromatic carbocycles. The third-order valence-electron chi connectivity index (χ3n) is 5.13. The molecular weight excluding hydrogens is 452 g/mol. The SMILES string of the molecule is COc1ccc(-n2cc(-c3ccccc3)c3c(Nc4ccc(Br)cc4)ncnc32)cc1. The smallest absolute Gasteiger partial charge is 0.150 e. The van der Waals surface area contributed by atoms with Crippen LogP contribution in [-0.4, -0.2) is 21.6 Å². The van der Waals surface area contributed by atoms with Crippen LogP contribution < -0.4 is 10.1 Å². The maximum atomic E-state index is 5.31. The molecule has 0 saturated heterocycles. The lowest BCUT2D eigenvalue weighted by atomic mass is 10.1. The normalized spacial score (nSPS) is 10.9. The first-order chi connectivity index (χ1) is 15.2. The fourth-order valence-corrected chi connectivity index (χ4v) is 3.87. The largest absolute Gasteiger partial charge is 0.497 e. The van der Waals surface area contributed by atoms with Crippen LogP contribution in [-0.2, 0) is 0 Å². The lowest BCUT2D eigenvalue weighted by Gasteiger charge is -2.09. The van der Waals surface area contributed by atoms with E-state index in [9.17, 15) is 0 Å². The van der Waals surface area contributed by atoms with Crippen LogP contribution in [0.5, 0.6) is 5.75 Å². The molecule has 31 heavy (non-hydrogen) atoms. The number of benzene rings is 3. The molecule has 0 saturated carbocycles. The molecule has 1 N–H and O–H groups in total. The number of rotatable bonds is 5. The van der Waals surface area contributed by atoms with Gasteiger partial charge in [-0.25, -0.2) is 9.97 Å². The third-order valence-corrected chi connectivity index (χ3v) is 5.65. The van der Waals surface area contributed by atoms with Gasteiger partial charge < -0.3 is 14.6 Å². The monoisotopic (exact) mass is 470 g/mol. The first-order valence-corrected chi connectivity index (χ1v) is 10.6. The molecule has 152 valence electrons. The zero-order valence-corrected chi connectivity index (χ0v) is 18.4. The Bertz CT molecular complexity index is 1330. The van der Waals surface area contributed by atoms with Crippen molar-refractivity contribution in [3.63, 3.8) is 0 Å². The van der Waals surface area contributed by atoms with Crippen LogP contribution >= 0.6 is 15.9 Å². The quantitative estimate of drug-likeness (QED) is 0.314. The van der Waals surface area contributed by atoms with E-state index in [1.165, 1.54) is 0 Å². The molecule has 5 aromatic rings. The minimum absolute atomic E-state index is 0.762. The topological polar surface area (TPSA) is 52.0 Å². The number of nitrogens with one attached hydrogen (secondary N) is 1. The lowest BCUT2D eigenvalue weighted by Crippen LogP contribution is -1.98. The maximum Gasteiger partial charge on any atom is 0.150 e. The van der Waals surface area contributed by atoms with Crippen molar-refractivity contribution in [3.05, 3.63) is 95.9 Å². The van der Waals surface area contributed by atoms with Crippen LogP contribution in [0.1, 0.15) is 0 Å². The van der Waals surface area contributed by atoms with Crippen molar-refractivity contribution in [2.75, 3.05) is 12.4 Å². The van der Waals surface area contributed by atoms with Crippen LogP contribution in [0.15, 0.2) is 95.9 Å². The highest BCUT2D eigenvalue weighted by Crippen LogP contribution is 2.36. The fraction of sp³-hybridized carbons (Fsp3) is 0.0400. The van der Waals surface area contributed by atoms with E-state index in [0.717, 1.165) is 49.6 Å². The second kappa shape index (κ2) is 8.24. The van der Waals surface area contributed by atoms with Crippen LogP contribution in [0.3, 0.4) is 0 Å². The average molecular weight is 471 g/mol. The number of aromatic nitrogens is 3. The first-order valence-electron chi connectivity index (χ1n) is 9.81. The van der Waals surface area contributed by atoms with Crippen LogP contribution in [0.2, 0.25) is 0 Å². The molecule has 5 nitrogen and oxygen atoms in total. The minimum Gasteiger partial charge on any atom is -0.497 e. The van der Waals surface area contributed by atoms with E-state index in [1.807, 2.05) is 66.7 Å². The van der Waals surface area contributed by atoms with Gasteiger partial charge in [-0.2, -0.15) is 0 Å². The summed E-state index contributed by atoms with van der Waals surface area (Å²) < 4.78 is 8.43. The highest BCUT2D eigenvalue weighted by molar-refractivity contribution is 9.10. The van der Waals surface area contributed by atoms with Gasteiger partial charge in [-0.1, -0.05) is 46.3 Å². The number of nitrogens with zero attached hydrogens (tertiary/aromatic N) is 3. The Kier molecular flexibility index (Phi) is 5.14. The molecule has 2 aromatic heterocycles. The van der Waals surface area contributed by atoms with E-state index >= 15 is 0 Å². The van der Waals surface area contributed by atoms with Gasteiger partial charge in [-0.15, -0.1) is 0 Å². The number of halogens is 1. The van der Waals surface area contributed by atoms with Crippen molar-refractivity contribution in [2.45, 2.75) is 0 Å². The number of hydrogen-bond acceptors (Lipinski definition) is 4. The van der Waals surface area contributed by atoms with Gasteiger partial charge in [0.1, 0.15) is 17.9 Å². The highest BCUT2D eigenvalue weighted by Gasteiger charge is 2.17. The van der Waals surface area contributed by atoms with Crippen molar-refractivity contribution in [3.8, 4) is 22.6 Å². The Morgan fingerprint density at radius 2 is 1.61 bits per heavy atom. The predicted molar refractivity (Wildman–Crippen MR) is 128 cm³/mol. The van der Waals surface area contributed by atoms with Crippen molar-refractivity contribution < 1.29 is 4.74 Å². The van der Waals surface area contributed by atoms with Crippen molar-refractivity contribution in [2.24, 2.45) is 0 Å². The Hall–Kier alpha value is -3.64. The van der Waals surface area contributed by atoms with E-state index in [0.29, 0.717) is 0 Å². The summed E-state index contributed by atoms with van der Waals surface area (Å²) in [7, 11) is 1.67. The molecule has 0 fully saturated rings. The molecular formula is C25H19BrN4O. The average Bonchev–Trinajstić information content (AvgIpc) is 3.22. The van der Waals surface area contributed by atoms with Crippen LogP contribution in [0, 0.1) is 0 Å². The third kappa shape index (κ3) is 3.78. The van der Waals surface area contributed by atoms with Gasteiger partial charge in [0.25, 0.3) is 0 Å². The molecule has 0 aliphatic rings. The van der Waals surface area contributed by atoms with E-state index in [2.05, 4.69) is 54.1 Å². The Labute approximate surface area is 188 Å². The second-order valence-electron chi connectivity index (χ2n) is 7.03. The van der Waals surface area contributed by atoms with Crippen molar-refractivity contribution >= 4 is 38.5 Å². The molecule has 0 radical (unpaired) electrons. The van der Waals surface area contributed by atoms with Gasteiger partial charge in [0, 0.05) is 27.6 Å². The summed E-state index contributed by atoms with van der Waals surface area (Å²) in [6.45, 7) is 0. The molecule has 0 unspecified atom stereocenters. The van der Waals surface area contributed by atoms with Crippen molar-refractivity contribution in [1.82, 2.24) is 14.5 Å². The number of anilines is 2. The zero-order valence-electron chi connectivity index (χ0n) is 16.8. The molecule has 0 bridgehead atoms. The minimum atomic E-state index is 0.762. The van der Waals surface area contributed by atoms with E-state index in [4.69, 9.17) is 4.74 Å². The Balaban J connectivity index is 1.71. The Morgan fingerprint density at radius 1 is 0.871 bits per heavy atom. The molecule has 6 heteroatoms. The second-order valence-corrected chi connectivity index (χ2v) is 7.95. The summed E-state index contributed by atoms with van der Waals surface area (Å²) in [5.74, 6) is 1.58. The molecule has 0 amide bonds. The predicted octanol–water partition coefficient (Wildman–Crippen LogP) is 6.60. The number of methoxy groups -OCH3 is 1. The van der Waals surface area contributed by atoms with Gasteiger partial charge in [-0.3, -0.25) is 0 Å². The van der Waals surface area contributed by atoms with E-state index < -0.39 is 0 Å². The van der Waals surface area contributed by atoms with Gasteiger partial charge in [0.05, 0.1) is 12.5 Å². The summed E-state index contributed by atoms with van der Waals surface area (Å²) in [6, 6.07) is 26.3. The molecule has 5 rings (SSSR count). The summed E-state index contributed by atoms with van der Waals surface area (Å²) in [4.78, 5) is 9.21. The Morgan fingerprint density at radius 3 is 2.32 bits per heavy atom. The summed E-state index contributed by atoms with van der Waals surface area (Å²) >= 11 is 3.49. The summed E-state index contributed by atoms with van der Waals surface area (Å²) in [6.07, 6.45) is 3.71. The zero-order chi connectivity index (χ0) is 21.2. The number of hydrogen-bond donors (Lipinski definition) is 1. The van der Waals surface area contributed by atoms with Gasteiger partial charge in [0.15, 0.2) is 5.65 Å². The molecule has 0 aliphatic heterocycles. The van der Waals surface area contributed by atoms with E-state index in [1.54, 1.807) is 13.4 Å². The lowest BCUT2D eigenvalue weighted by molar-refractivity contribution is 0.415. The number of fused-ring (bicyclic) bond motifs is 1. The molecule has 0 atom stereocenters. The molecule has 2 heterocycles. The fourth-order valence-electron chi connectivity index (χ4n) is 3.60. The first kappa shape index (κ1) is 19.3. The van der Waals surface area contributed by atoms with Gasteiger partial charge in [0.2, 0.25) is 0 Å². The molecule has 0 spiro atoms. The van der Waals surface area contributed by atoms with Crippen molar-refractivity contribution in [1.29, 1.82) is 0 Å². The van der Waals surface area contributed by atoms with Crippen LogP contribution in [0.4, 0.5) is 11.5 Å². The van der Waals surface area contributed by atoms with Gasteiger partial charge >= 0.3 is 0 Å².